The number of hydrogen-bond acceptors (Lipinski definition) is 3. The quantitative estimate of drug-likeness (QED) is 0.797. The van der Waals surface area contributed by atoms with Gasteiger partial charge in [-0.05, 0) is 18.1 Å². The molecule has 0 fully saturated rings. The van der Waals surface area contributed by atoms with Crippen molar-refractivity contribution in [2.45, 2.75) is 19.9 Å². The van der Waals surface area contributed by atoms with E-state index in [4.69, 9.17) is 0 Å². The number of imidazole rings is 1. The van der Waals surface area contributed by atoms with Crippen molar-refractivity contribution in [3.05, 3.63) is 42.0 Å². The van der Waals surface area contributed by atoms with E-state index in [9.17, 15) is 0 Å². The van der Waals surface area contributed by atoms with Gasteiger partial charge in [0.25, 0.3) is 0 Å². The van der Waals surface area contributed by atoms with E-state index in [1.165, 1.54) is 5.56 Å². The standard InChI is InChI=1S/C11H14N4/c1-2-9-4-3-5-12-10(9)8-15-11-13-6-7-14-11/h3-7H,2,8H2,1H3,(H2,13,14,15). The Kier molecular flexibility index (Phi) is 2.97. The smallest absolute Gasteiger partial charge is 0.200 e. The Bertz CT molecular complexity index is 408. The number of aryl methyl sites for hydroxylation is 1. The van der Waals surface area contributed by atoms with Crippen molar-refractivity contribution in [2.75, 3.05) is 5.32 Å². The summed E-state index contributed by atoms with van der Waals surface area (Å²) in [5.41, 5.74) is 2.35. The molecule has 0 bridgehead atoms. The van der Waals surface area contributed by atoms with Crippen LogP contribution >= 0.6 is 0 Å². The largest absolute Gasteiger partial charge is 0.350 e. The normalized spacial score (nSPS) is 10.2. The number of rotatable bonds is 4. The van der Waals surface area contributed by atoms with Crippen LogP contribution in [0.3, 0.4) is 0 Å². The van der Waals surface area contributed by atoms with Crippen LogP contribution in [0.4, 0.5) is 5.95 Å². The minimum Gasteiger partial charge on any atom is -0.350 e. The van der Waals surface area contributed by atoms with E-state index in [1.54, 1.807) is 12.4 Å². The molecule has 4 nitrogen and oxygen atoms in total. The summed E-state index contributed by atoms with van der Waals surface area (Å²) in [5, 5.41) is 3.19. The van der Waals surface area contributed by atoms with Gasteiger partial charge in [0.1, 0.15) is 0 Å². The molecule has 0 saturated carbocycles. The molecule has 0 saturated heterocycles. The highest BCUT2D eigenvalue weighted by molar-refractivity contribution is 5.27. The van der Waals surface area contributed by atoms with Crippen molar-refractivity contribution < 1.29 is 0 Å². The molecule has 0 aromatic carbocycles. The molecule has 15 heavy (non-hydrogen) atoms. The van der Waals surface area contributed by atoms with Gasteiger partial charge >= 0.3 is 0 Å². The van der Waals surface area contributed by atoms with Crippen LogP contribution in [0.15, 0.2) is 30.7 Å². The van der Waals surface area contributed by atoms with Crippen LogP contribution in [0, 0.1) is 0 Å². The van der Waals surface area contributed by atoms with Crippen molar-refractivity contribution in [2.24, 2.45) is 0 Å². The summed E-state index contributed by atoms with van der Waals surface area (Å²) in [7, 11) is 0. The van der Waals surface area contributed by atoms with Gasteiger partial charge in [-0.3, -0.25) is 4.98 Å². The molecule has 0 radical (unpaired) electrons. The van der Waals surface area contributed by atoms with Crippen LogP contribution in [0.2, 0.25) is 0 Å². The monoisotopic (exact) mass is 202 g/mol. The summed E-state index contributed by atoms with van der Waals surface area (Å²) in [6.07, 6.45) is 6.34. The minimum absolute atomic E-state index is 0.706. The second kappa shape index (κ2) is 4.59. The average molecular weight is 202 g/mol. The number of H-pyrrole nitrogens is 1. The van der Waals surface area contributed by atoms with E-state index in [-0.39, 0.29) is 0 Å². The maximum Gasteiger partial charge on any atom is 0.200 e. The van der Waals surface area contributed by atoms with E-state index in [2.05, 4.69) is 33.3 Å². The molecule has 78 valence electrons. The van der Waals surface area contributed by atoms with E-state index in [0.29, 0.717) is 6.54 Å². The first-order valence-electron chi connectivity index (χ1n) is 5.06. The summed E-state index contributed by atoms with van der Waals surface area (Å²) in [6.45, 7) is 2.84. The van der Waals surface area contributed by atoms with Crippen molar-refractivity contribution in [3.63, 3.8) is 0 Å². The first-order valence-corrected chi connectivity index (χ1v) is 5.06. The van der Waals surface area contributed by atoms with Crippen LogP contribution in [0.5, 0.6) is 0 Å². The van der Waals surface area contributed by atoms with Crippen LogP contribution in [-0.4, -0.2) is 15.0 Å². The fraction of sp³-hybridized carbons (Fsp3) is 0.273. The molecule has 2 aromatic rings. The van der Waals surface area contributed by atoms with Crippen LogP contribution in [0.1, 0.15) is 18.2 Å². The number of hydrogen-bond donors (Lipinski definition) is 2. The van der Waals surface area contributed by atoms with Crippen LogP contribution < -0.4 is 5.32 Å². The molecule has 2 heterocycles. The Morgan fingerprint density at radius 3 is 3.00 bits per heavy atom. The van der Waals surface area contributed by atoms with Gasteiger partial charge in [0.05, 0.1) is 12.2 Å². The maximum atomic E-state index is 4.34. The average Bonchev–Trinajstić information content (AvgIpc) is 2.79. The Morgan fingerprint density at radius 2 is 2.27 bits per heavy atom. The lowest BCUT2D eigenvalue weighted by Crippen LogP contribution is -2.05. The third-order valence-corrected chi connectivity index (χ3v) is 2.29. The van der Waals surface area contributed by atoms with Gasteiger partial charge in [0.15, 0.2) is 5.95 Å². The zero-order chi connectivity index (χ0) is 10.5. The van der Waals surface area contributed by atoms with Gasteiger partial charge < -0.3 is 10.3 Å². The molecule has 2 rings (SSSR count). The first kappa shape index (κ1) is 9.71. The molecular formula is C11H14N4. The predicted molar refractivity (Wildman–Crippen MR) is 59.5 cm³/mol. The summed E-state index contributed by atoms with van der Waals surface area (Å²) >= 11 is 0. The van der Waals surface area contributed by atoms with Gasteiger partial charge in [0, 0.05) is 18.6 Å². The summed E-state index contributed by atoms with van der Waals surface area (Å²) in [4.78, 5) is 11.4. The molecule has 0 unspecified atom stereocenters. The lowest BCUT2D eigenvalue weighted by atomic mass is 10.1. The van der Waals surface area contributed by atoms with Gasteiger partial charge in [-0.25, -0.2) is 4.98 Å². The highest BCUT2D eigenvalue weighted by Crippen LogP contribution is 2.07. The lowest BCUT2D eigenvalue weighted by molar-refractivity contribution is 0.959. The van der Waals surface area contributed by atoms with E-state index in [0.717, 1.165) is 18.1 Å². The van der Waals surface area contributed by atoms with E-state index < -0.39 is 0 Å². The molecule has 0 aliphatic carbocycles. The molecular weight excluding hydrogens is 188 g/mol. The van der Waals surface area contributed by atoms with Crippen LogP contribution in [0.25, 0.3) is 0 Å². The van der Waals surface area contributed by atoms with Gasteiger partial charge in [-0.2, -0.15) is 0 Å². The van der Waals surface area contributed by atoms with Crippen molar-refractivity contribution in [1.82, 2.24) is 15.0 Å². The summed E-state index contributed by atoms with van der Waals surface area (Å²) in [6, 6.07) is 4.07. The predicted octanol–water partition coefficient (Wildman–Crippen LogP) is 1.98. The number of aromatic nitrogens is 3. The summed E-state index contributed by atoms with van der Waals surface area (Å²) < 4.78 is 0. The Labute approximate surface area is 88.8 Å². The number of nitrogens with one attached hydrogen (secondary N) is 2. The molecule has 0 spiro atoms. The number of nitrogens with zero attached hydrogens (tertiary/aromatic N) is 2. The highest BCUT2D eigenvalue weighted by atomic mass is 15.1. The molecule has 0 atom stereocenters. The van der Waals surface area contributed by atoms with Crippen LogP contribution in [-0.2, 0) is 13.0 Å². The Morgan fingerprint density at radius 1 is 1.33 bits per heavy atom. The van der Waals surface area contributed by atoms with E-state index in [1.807, 2.05) is 12.3 Å². The van der Waals surface area contributed by atoms with Crippen molar-refractivity contribution in [3.8, 4) is 0 Å². The zero-order valence-electron chi connectivity index (χ0n) is 8.70. The van der Waals surface area contributed by atoms with Gasteiger partial charge in [0.2, 0.25) is 0 Å². The van der Waals surface area contributed by atoms with E-state index >= 15 is 0 Å². The maximum absolute atomic E-state index is 4.34. The van der Waals surface area contributed by atoms with Crippen molar-refractivity contribution in [1.29, 1.82) is 0 Å². The molecule has 0 aliphatic heterocycles. The third-order valence-electron chi connectivity index (χ3n) is 2.29. The third kappa shape index (κ3) is 2.34. The number of pyridine rings is 1. The number of anilines is 1. The Balaban J connectivity index is 2.04. The topological polar surface area (TPSA) is 53.6 Å². The lowest BCUT2D eigenvalue weighted by Gasteiger charge is -2.06. The zero-order valence-corrected chi connectivity index (χ0v) is 8.70. The fourth-order valence-corrected chi connectivity index (χ4v) is 1.48. The minimum atomic E-state index is 0.706. The summed E-state index contributed by atoms with van der Waals surface area (Å²) in [5.74, 6) is 0.780. The fourth-order valence-electron chi connectivity index (χ4n) is 1.48. The molecule has 4 heteroatoms. The van der Waals surface area contributed by atoms with Gasteiger partial charge in [-0.15, -0.1) is 0 Å². The molecule has 2 aromatic heterocycles. The molecule has 0 amide bonds. The first-order chi connectivity index (χ1) is 7.40. The molecule has 0 aliphatic rings. The van der Waals surface area contributed by atoms with Gasteiger partial charge in [-0.1, -0.05) is 13.0 Å². The SMILES string of the molecule is CCc1cccnc1CNc1ncc[nH]1. The highest BCUT2D eigenvalue weighted by Gasteiger charge is 2.01. The van der Waals surface area contributed by atoms with Crippen molar-refractivity contribution >= 4 is 5.95 Å². The number of aromatic amines is 1. The molecule has 2 N–H and O–H groups in total. The second-order valence-electron chi connectivity index (χ2n) is 3.25. The second-order valence-corrected chi connectivity index (χ2v) is 3.25. The Hall–Kier alpha value is -1.84.